The third-order valence-electron chi connectivity index (χ3n) is 5.05. The number of hydrogen-bond donors (Lipinski definition) is 3. The molecule has 35 heavy (non-hydrogen) atoms. The number of rotatable bonds is 9. The standard InChI is InChI=1S/C22H21N7O6/c1-27-19-18(20(31)25-22(27)32)28(12-16(30)13-35-17-8-3-2-4-9-17)21(24-19)26-23-11-14-6-5-7-15(10-14)29(33)34/h2-11,16,30H,12-13H2,1H3,(H,24,26)(H,25,31,32)/b23-11-. The molecule has 2 heterocycles. The first-order valence-corrected chi connectivity index (χ1v) is 10.4. The van der Waals surface area contributed by atoms with Crippen LogP contribution in [0.15, 0.2) is 69.3 Å². The summed E-state index contributed by atoms with van der Waals surface area (Å²) in [5.74, 6) is 0.648. The Morgan fingerprint density at radius 3 is 2.77 bits per heavy atom. The van der Waals surface area contributed by atoms with Gasteiger partial charge in [0, 0.05) is 24.7 Å². The lowest BCUT2D eigenvalue weighted by atomic mass is 10.2. The van der Waals surface area contributed by atoms with Crippen molar-refractivity contribution in [2.45, 2.75) is 12.6 Å². The highest BCUT2D eigenvalue weighted by molar-refractivity contribution is 5.81. The average Bonchev–Trinajstić information content (AvgIpc) is 3.20. The van der Waals surface area contributed by atoms with E-state index in [0.29, 0.717) is 11.3 Å². The van der Waals surface area contributed by atoms with E-state index in [0.717, 1.165) is 4.57 Å². The van der Waals surface area contributed by atoms with Crippen LogP contribution in [-0.4, -0.2) is 48.1 Å². The van der Waals surface area contributed by atoms with Crippen molar-refractivity contribution in [3.8, 4) is 5.75 Å². The van der Waals surface area contributed by atoms with E-state index in [1.54, 1.807) is 30.3 Å². The van der Waals surface area contributed by atoms with E-state index in [2.05, 4.69) is 20.5 Å². The van der Waals surface area contributed by atoms with Crippen LogP contribution in [0.2, 0.25) is 0 Å². The summed E-state index contributed by atoms with van der Waals surface area (Å²) in [7, 11) is 1.45. The molecule has 0 saturated carbocycles. The number of fused-ring (bicyclic) bond motifs is 1. The number of benzene rings is 2. The van der Waals surface area contributed by atoms with Crippen molar-refractivity contribution in [3.63, 3.8) is 0 Å². The maximum Gasteiger partial charge on any atom is 0.329 e. The van der Waals surface area contributed by atoms with Crippen LogP contribution in [0.5, 0.6) is 5.75 Å². The number of nitrogens with zero attached hydrogens (tertiary/aromatic N) is 5. The van der Waals surface area contributed by atoms with E-state index in [-0.39, 0.29) is 36.0 Å². The number of imidazole rings is 1. The number of aromatic nitrogens is 4. The van der Waals surface area contributed by atoms with Crippen LogP contribution in [0.1, 0.15) is 5.56 Å². The number of hydrazone groups is 1. The molecule has 0 amide bonds. The van der Waals surface area contributed by atoms with E-state index in [9.17, 15) is 24.8 Å². The van der Waals surface area contributed by atoms with Crippen LogP contribution >= 0.6 is 0 Å². The predicted molar refractivity (Wildman–Crippen MR) is 128 cm³/mol. The van der Waals surface area contributed by atoms with Crippen molar-refractivity contribution < 1.29 is 14.8 Å². The molecule has 0 radical (unpaired) electrons. The highest BCUT2D eigenvalue weighted by atomic mass is 16.6. The number of nitro benzene ring substituents is 1. The van der Waals surface area contributed by atoms with Crippen LogP contribution in [-0.2, 0) is 13.6 Å². The number of nitrogens with one attached hydrogen (secondary N) is 2. The zero-order chi connectivity index (χ0) is 24.9. The Balaban J connectivity index is 1.62. The molecule has 13 heteroatoms. The fourth-order valence-electron chi connectivity index (χ4n) is 3.35. The summed E-state index contributed by atoms with van der Waals surface area (Å²) >= 11 is 0. The number of aliphatic hydroxyl groups is 1. The number of aromatic amines is 1. The highest BCUT2D eigenvalue weighted by Crippen LogP contribution is 2.17. The Morgan fingerprint density at radius 1 is 1.26 bits per heavy atom. The first-order chi connectivity index (χ1) is 16.8. The summed E-state index contributed by atoms with van der Waals surface area (Å²) in [5, 5.41) is 25.6. The molecular weight excluding hydrogens is 458 g/mol. The molecule has 1 unspecified atom stereocenters. The van der Waals surface area contributed by atoms with Crippen molar-refractivity contribution >= 4 is 29.0 Å². The molecule has 3 N–H and O–H groups in total. The number of anilines is 1. The number of H-pyrrole nitrogens is 1. The van der Waals surface area contributed by atoms with E-state index in [4.69, 9.17) is 4.74 Å². The van der Waals surface area contributed by atoms with Gasteiger partial charge in [0.25, 0.3) is 11.2 Å². The first-order valence-electron chi connectivity index (χ1n) is 10.4. The van der Waals surface area contributed by atoms with Gasteiger partial charge in [0.05, 0.1) is 17.7 Å². The minimum Gasteiger partial charge on any atom is -0.491 e. The third kappa shape index (κ3) is 5.25. The molecule has 2 aromatic heterocycles. The van der Waals surface area contributed by atoms with Crippen LogP contribution in [0.4, 0.5) is 11.6 Å². The van der Waals surface area contributed by atoms with Crippen molar-refractivity contribution in [2.24, 2.45) is 12.1 Å². The van der Waals surface area contributed by atoms with Gasteiger partial charge in [0.1, 0.15) is 18.5 Å². The van der Waals surface area contributed by atoms with E-state index >= 15 is 0 Å². The summed E-state index contributed by atoms with van der Waals surface area (Å²) in [6, 6.07) is 14.8. The first kappa shape index (κ1) is 23.4. The summed E-state index contributed by atoms with van der Waals surface area (Å²) in [6.07, 6.45) is 0.306. The van der Waals surface area contributed by atoms with E-state index in [1.165, 1.54) is 36.0 Å². The van der Waals surface area contributed by atoms with Crippen molar-refractivity contribution in [3.05, 3.63) is 91.1 Å². The summed E-state index contributed by atoms with van der Waals surface area (Å²) in [6.45, 7) is -0.164. The SMILES string of the molecule is Cn1c(=O)[nH]c(=O)c2c1nc(N/N=C\c1cccc([N+](=O)[O-])c1)n2CC(O)COc1ccccc1. The second-order valence-electron chi connectivity index (χ2n) is 7.54. The lowest BCUT2D eigenvalue weighted by Gasteiger charge is -2.15. The summed E-state index contributed by atoms with van der Waals surface area (Å²) in [5.41, 5.74) is 1.86. The Morgan fingerprint density at radius 2 is 2.03 bits per heavy atom. The normalized spacial score (nSPS) is 12.2. The highest BCUT2D eigenvalue weighted by Gasteiger charge is 2.20. The maximum absolute atomic E-state index is 12.6. The molecular formula is C22H21N7O6. The molecule has 1 atom stereocenters. The van der Waals surface area contributed by atoms with Gasteiger partial charge in [0.2, 0.25) is 5.95 Å². The quantitative estimate of drug-likeness (QED) is 0.183. The number of ether oxygens (including phenoxy) is 1. The number of para-hydroxylation sites is 1. The number of nitro groups is 1. The lowest BCUT2D eigenvalue weighted by molar-refractivity contribution is -0.384. The number of aliphatic hydroxyl groups excluding tert-OH is 1. The van der Waals surface area contributed by atoms with Crippen LogP contribution in [0.3, 0.4) is 0 Å². The van der Waals surface area contributed by atoms with E-state index < -0.39 is 22.3 Å². The van der Waals surface area contributed by atoms with Crippen LogP contribution in [0.25, 0.3) is 11.2 Å². The third-order valence-corrected chi connectivity index (χ3v) is 5.05. The van der Waals surface area contributed by atoms with Gasteiger partial charge < -0.3 is 14.4 Å². The maximum atomic E-state index is 12.6. The molecule has 0 aliphatic carbocycles. The van der Waals surface area contributed by atoms with Crippen LogP contribution < -0.4 is 21.4 Å². The molecule has 0 fully saturated rings. The van der Waals surface area contributed by atoms with Gasteiger partial charge >= 0.3 is 5.69 Å². The molecule has 2 aromatic carbocycles. The minimum atomic E-state index is -1.04. The largest absolute Gasteiger partial charge is 0.491 e. The molecule has 0 aliphatic rings. The van der Waals surface area contributed by atoms with Crippen LogP contribution in [0, 0.1) is 10.1 Å². The molecule has 0 saturated heterocycles. The van der Waals surface area contributed by atoms with Gasteiger partial charge in [-0.3, -0.25) is 24.5 Å². The zero-order valence-electron chi connectivity index (χ0n) is 18.5. The fraction of sp³-hybridized carbons (Fsp3) is 0.182. The van der Waals surface area contributed by atoms with Gasteiger partial charge in [-0.25, -0.2) is 10.2 Å². The average molecular weight is 479 g/mol. The van der Waals surface area contributed by atoms with Gasteiger partial charge in [-0.05, 0) is 12.1 Å². The smallest absolute Gasteiger partial charge is 0.329 e. The number of hydrogen-bond acceptors (Lipinski definition) is 9. The van der Waals surface area contributed by atoms with Gasteiger partial charge in [-0.15, -0.1) is 0 Å². The molecule has 0 aliphatic heterocycles. The molecule has 0 spiro atoms. The minimum absolute atomic E-state index is 0.0545. The van der Waals surface area contributed by atoms with Gasteiger partial charge in [-0.1, -0.05) is 30.3 Å². The predicted octanol–water partition coefficient (Wildman–Crippen LogP) is 1.22. The Hall–Kier alpha value is -4.78. The fourth-order valence-corrected chi connectivity index (χ4v) is 3.35. The monoisotopic (exact) mass is 479 g/mol. The topological polar surface area (TPSA) is 170 Å². The van der Waals surface area contributed by atoms with Crippen molar-refractivity contribution in [1.82, 2.24) is 19.1 Å². The van der Waals surface area contributed by atoms with Gasteiger partial charge in [-0.2, -0.15) is 10.1 Å². The number of non-ortho nitro benzene ring substituents is 1. The van der Waals surface area contributed by atoms with E-state index in [1.807, 2.05) is 6.07 Å². The molecule has 4 rings (SSSR count). The number of aryl methyl sites for hydroxylation is 1. The molecule has 13 nitrogen and oxygen atoms in total. The second kappa shape index (κ2) is 10.0. The van der Waals surface area contributed by atoms with Gasteiger partial charge in [0.15, 0.2) is 11.2 Å². The molecule has 0 bridgehead atoms. The zero-order valence-corrected chi connectivity index (χ0v) is 18.5. The Bertz CT molecular complexity index is 1510. The summed E-state index contributed by atoms with van der Waals surface area (Å²) in [4.78, 5) is 41.6. The summed E-state index contributed by atoms with van der Waals surface area (Å²) < 4.78 is 8.13. The lowest BCUT2D eigenvalue weighted by Crippen LogP contribution is -2.30. The Labute approximate surface area is 197 Å². The molecule has 4 aromatic rings. The van der Waals surface area contributed by atoms with Crippen molar-refractivity contribution in [2.75, 3.05) is 12.0 Å². The second-order valence-corrected chi connectivity index (χ2v) is 7.54. The van der Waals surface area contributed by atoms with Crippen molar-refractivity contribution in [1.29, 1.82) is 0 Å². The Kier molecular flexibility index (Phi) is 6.69. The molecule has 180 valence electrons.